The Morgan fingerprint density at radius 2 is 1.75 bits per heavy atom. The van der Waals surface area contributed by atoms with Gasteiger partial charge in [0.2, 0.25) is 0 Å². The normalized spacial score (nSPS) is 11.7. The minimum Gasteiger partial charge on any atom is -0.315 e. The lowest BCUT2D eigenvalue weighted by atomic mass is 10.1. The Bertz CT molecular complexity index is 277. The standard InChI is InChI=1S/C13H23N3/c1-13(2,3)16-11-10-15-9-6-12-4-7-14-8-5-12/h4-5,7-8,15-16H,6,9-11H2,1-3H3. The first-order chi connectivity index (χ1) is 7.58. The minimum absolute atomic E-state index is 0.215. The molecule has 90 valence electrons. The average Bonchev–Trinajstić information content (AvgIpc) is 2.23. The maximum atomic E-state index is 4.00. The fourth-order valence-corrected chi connectivity index (χ4v) is 1.43. The zero-order chi connectivity index (χ0) is 11.9. The molecule has 1 aromatic heterocycles. The van der Waals surface area contributed by atoms with Gasteiger partial charge in [-0.05, 0) is 51.4 Å². The third-order valence-electron chi connectivity index (χ3n) is 2.30. The van der Waals surface area contributed by atoms with Crippen molar-refractivity contribution in [2.45, 2.75) is 32.7 Å². The molecule has 0 fully saturated rings. The highest BCUT2D eigenvalue weighted by atomic mass is 15.0. The van der Waals surface area contributed by atoms with E-state index < -0.39 is 0 Å². The van der Waals surface area contributed by atoms with Crippen LogP contribution in [0.15, 0.2) is 24.5 Å². The van der Waals surface area contributed by atoms with Crippen molar-refractivity contribution in [3.05, 3.63) is 30.1 Å². The Labute approximate surface area is 98.7 Å². The Morgan fingerprint density at radius 3 is 2.38 bits per heavy atom. The van der Waals surface area contributed by atoms with Crippen molar-refractivity contribution in [2.24, 2.45) is 0 Å². The van der Waals surface area contributed by atoms with Crippen molar-refractivity contribution in [1.29, 1.82) is 0 Å². The number of aromatic nitrogens is 1. The summed E-state index contributed by atoms with van der Waals surface area (Å²) in [4.78, 5) is 4.00. The molecule has 1 aromatic rings. The van der Waals surface area contributed by atoms with Crippen LogP contribution in [-0.4, -0.2) is 30.2 Å². The predicted octanol–water partition coefficient (Wildman–Crippen LogP) is 1.60. The van der Waals surface area contributed by atoms with Crippen molar-refractivity contribution in [2.75, 3.05) is 19.6 Å². The Kier molecular flexibility index (Phi) is 5.43. The maximum absolute atomic E-state index is 4.00. The van der Waals surface area contributed by atoms with E-state index in [4.69, 9.17) is 0 Å². The summed E-state index contributed by atoms with van der Waals surface area (Å²) in [6.07, 6.45) is 4.75. The van der Waals surface area contributed by atoms with Gasteiger partial charge in [-0.3, -0.25) is 4.98 Å². The molecular weight excluding hydrogens is 198 g/mol. The van der Waals surface area contributed by atoms with Crippen LogP contribution < -0.4 is 10.6 Å². The van der Waals surface area contributed by atoms with E-state index >= 15 is 0 Å². The molecule has 0 saturated heterocycles. The monoisotopic (exact) mass is 221 g/mol. The van der Waals surface area contributed by atoms with Gasteiger partial charge in [0.1, 0.15) is 0 Å². The smallest absolute Gasteiger partial charge is 0.0270 e. The molecule has 3 heteroatoms. The first-order valence-corrected chi connectivity index (χ1v) is 5.92. The van der Waals surface area contributed by atoms with E-state index in [0.717, 1.165) is 26.1 Å². The van der Waals surface area contributed by atoms with Crippen LogP contribution in [0.3, 0.4) is 0 Å². The third kappa shape index (κ3) is 6.53. The fourth-order valence-electron chi connectivity index (χ4n) is 1.43. The van der Waals surface area contributed by atoms with Gasteiger partial charge in [-0.1, -0.05) is 0 Å². The van der Waals surface area contributed by atoms with Crippen LogP contribution in [0.2, 0.25) is 0 Å². The summed E-state index contributed by atoms with van der Waals surface area (Å²) in [5.41, 5.74) is 1.55. The predicted molar refractivity (Wildman–Crippen MR) is 68.6 cm³/mol. The first-order valence-electron chi connectivity index (χ1n) is 5.92. The molecule has 0 radical (unpaired) electrons. The van der Waals surface area contributed by atoms with Gasteiger partial charge >= 0.3 is 0 Å². The van der Waals surface area contributed by atoms with E-state index in [1.54, 1.807) is 0 Å². The molecule has 1 heterocycles. The Morgan fingerprint density at radius 1 is 1.06 bits per heavy atom. The van der Waals surface area contributed by atoms with Gasteiger partial charge in [-0.15, -0.1) is 0 Å². The van der Waals surface area contributed by atoms with Crippen LogP contribution >= 0.6 is 0 Å². The van der Waals surface area contributed by atoms with Crippen LogP contribution in [0.5, 0.6) is 0 Å². The number of nitrogens with one attached hydrogen (secondary N) is 2. The molecule has 0 amide bonds. The topological polar surface area (TPSA) is 37.0 Å². The molecule has 1 rings (SSSR count). The average molecular weight is 221 g/mol. The molecule has 3 nitrogen and oxygen atoms in total. The summed E-state index contributed by atoms with van der Waals surface area (Å²) >= 11 is 0. The van der Waals surface area contributed by atoms with Crippen LogP contribution in [-0.2, 0) is 6.42 Å². The number of rotatable bonds is 6. The molecule has 0 atom stereocenters. The summed E-state index contributed by atoms with van der Waals surface area (Å²) in [6, 6.07) is 4.13. The number of hydrogen-bond donors (Lipinski definition) is 2. The van der Waals surface area contributed by atoms with Crippen LogP contribution in [0.4, 0.5) is 0 Å². The van der Waals surface area contributed by atoms with Gasteiger partial charge in [0.15, 0.2) is 0 Å². The van der Waals surface area contributed by atoms with Crippen LogP contribution in [0, 0.1) is 0 Å². The SMILES string of the molecule is CC(C)(C)NCCNCCc1ccncc1. The van der Waals surface area contributed by atoms with E-state index in [1.807, 2.05) is 12.4 Å². The van der Waals surface area contributed by atoms with Gasteiger partial charge in [0.25, 0.3) is 0 Å². The summed E-state index contributed by atoms with van der Waals surface area (Å²) in [7, 11) is 0. The zero-order valence-electron chi connectivity index (χ0n) is 10.6. The molecule has 0 unspecified atom stereocenters. The van der Waals surface area contributed by atoms with Gasteiger partial charge < -0.3 is 10.6 Å². The molecule has 0 aliphatic carbocycles. The van der Waals surface area contributed by atoms with Crippen molar-refractivity contribution in [1.82, 2.24) is 15.6 Å². The maximum Gasteiger partial charge on any atom is 0.0270 e. The lowest BCUT2D eigenvalue weighted by Gasteiger charge is -2.20. The van der Waals surface area contributed by atoms with E-state index in [-0.39, 0.29) is 5.54 Å². The second-order valence-corrected chi connectivity index (χ2v) is 5.03. The summed E-state index contributed by atoms with van der Waals surface area (Å²) in [5, 5.41) is 6.87. The molecular formula is C13H23N3. The van der Waals surface area contributed by atoms with Gasteiger partial charge in [-0.2, -0.15) is 0 Å². The molecule has 0 aromatic carbocycles. The molecule has 0 aliphatic heterocycles. The summed E-state index contributed by atoms with van der Waals surface area (Å²) in [6.45, 7) is 9.61. The van der Waals surface area contributed by atoms with Gasteiger partial charge in [0, 0.05) is 31.0 Å². The molecule has 2 N–H and O–H groups in total. The summed E-state index contributed by atoms with van der Waals surface area (Å²) < 4.78 is 0. The molecule has 0 bridgehead atoms. The summed E-state index contributed by atoms with van der Waals surface area (Å²) in [5.74, 6) is 0. The molecule has 16 heavy (non-hydrogen) atoms. The second kappa shape index (κ2) is 6.61. The lowest BCUT2D eigenvalue weighted by Crippen LogP contribution is -2.40. The van der Waals surface area contributed by atoms with E-state index in [9.17, 15) is 0 Å². The minimum atomic E-state index is 0.215. The highest BCUT2D eigenvalue weighted by Gasteiger charge is 2.06. The van der Waals surface area contributed by atoms with Gasteiger partial charge in [-0.25, -0.2) is 0 Å². The van der Waals surface area contributed by atoms with Crippen molar-refractivity contribution in [3.63, 3.8) is 0 Å². The van der Waals surface area contributed by atoms with Crippen molar-refractivity contribution in [3.8, 4) is 0 Å². The van der Waals surface area contributed by atoms with Crippen molar-refractivity contribution >= 4 is 0 Å². The van der Waals surface area contributed by atoms with Crippen LogP contribution in [0.1, 0.15) is 26.3 Å². The quantitative estimate of drug-likeness (QED) is 0.717. The highest BCUT2D eigenvalue weighted by molar-refractivity contribution is 5.09. The van der Waals surface area contributed by atoms with E-state index in [1.165, 1.54) is 5.56 Å². The lowest BCUT2D eigenvalue weighted by molar-refractivity contribution is 0.422. The van der Waals surface area contributed by atoms with Gasteiger partial charge in [0.05, 0.1) is 0 Å². The second-order valence-electron chi connectivity index (χ2n) is 5.03. The highest BCUT2D eigenvalue weighted by Crippen LogP contribution is 1.97. The van der Waals surface area contributed by atoms with E-state index in [2.05, 4.69) is 48.5 Å². The van der Waals surface area contributed by atoms with E-state index in [0.29, 0.717) is 0 Å². The van der Waals surface area contributed by atoms with Crippen LogP contribution in [0.25, 0.3) is 0 Å². The third-order valence-corrected chi connectivity index (χ3v) is 2.30. The number of pyridine rings is 1. The Balaban J connectivity index is 2.01. The molecule has 0 spiro atoms. The van der Waals surface area contributed by atoms with Crippen molar-refractivity contribution < 1.29 is 0 Å². The fraction of sp³-hybridized carbons (Fsp3) is 0.615. The largest absolute Gasteiger partial charge is 0.315 e. The molecule has 0 aliphatic rings. The number of nitrogens with zero attached hydrogens (tertiary/aromatic N) is 1. The molecule has 0 saturated carbocycles. The Hall–Kier alpha value is -0.930. The number of hydrogen-bond acceptors (Lipinski definition) is 3. The zero-order valence-corrected chi connectivity index (χ0v) is 10.6. The first kappa shape index (κ1) is 13.1.